The van der Waals surface area contributed by atoms with Crippen molar-refractivity contribution in [3.63, 3.8) is 0 Å². The van der Waals surface area contributed by atoms with Crippen LogP contribution in [0.4, 0.5) is 0 Å². The summed E-state index contributed by atoms with van der Waals surface area (Å²) in [5.41, 5.74) is 1.25. The highest BCUT2D eigenvalue weighted by atomic mass is 16.5. The van der Waals surface area contributed by atoms with E-state index in [2.05, 4.69) is 41.2 Å². The number of aromatic nitrogens is 2. The highest BCUT2D eigenvalue weighted by molar-refractivity contribution is 5.09. The van der Waals surface area contributed by atoms with Gasteiger partial charge in [-0.15, -0.1) is 0 Å². The van der Waals surface area contributed by atoms with Gasteiger partial charge in [-0.1, -0.05) is 19.0 Å². The highest BCUT2D eigenvalue weighted by Crippen LogP contribution is 2.07. The Kier molecular flexibility index (Phi) is 3.41. The van der Waals surface area contributed by atoms with Crippen LogP contribution >= 0.6 is 0 Å². The first-order valence-electron chi connectivity index (χ1n) is 5.52. The summed E-state index contributed by atoms with van der Waals surface area (Å²) in [6.45, 7) is 5.90. The van der Waals surface area contributed by atoms with Crippen LogP contribution in [0.3, 0.4) is 0 Å². The molecular weight excluding hydrogens is 202 g/mol. The van der Waals surface area contributed by atoms with Crippen LogP contribution in [0.1, 0.15) is 25.3 Å². The third-order valence-corrected chi connectivity index (χ3v) is 2.43. The average Bonchev–Trinajstić information content (AvgIpc) is 2.87. The molecule has 4 nitrogen and oxygen atoms in total. The Balaban J connectivity index is 2.01. The standard InChI is InChI=1S/C12H17N3O/c1-10(2)13-8-11-4-3-7-15(11)9-12-5-6-14-16-12/h3-7,10,13H,8-9H2,1-2H3. The first kappa shape index (κ1) is 11.0. The maximum absolute atomic E-state index is 5.10. The Bertz CT molecular complexity index is 417. The van der Waals surface area contributed by atoms with E-state index in [1.807, 2.05) is 12.1 Å². The number of nitrogens with zero attached hydrogens (tertiary/aromatic N) is 2. The molecule has 86 valence electrons. The Morgan fingerprint density at radius 1 is 1.44 bits per heavy atom. The van der Waals surface area contributed by atoms with Crippen molar-refractivity contribution in [1.82, 2.24) is 15.0 Å². The van der Waals surface area contributed by atoms with Crippen molar-refractivity contribution in [2.45, 2.75) is 33.0 Å². The first-order valence-corrected chi connectivity index (χ1v) is 5.52. The van der Waals surface area contributed by atoms with Crippen LogP contribution in [-0.2, 0) is 13.1 Å². The second-order valence-corrected chi connectivity index (χ2v) is 4.14. The zero-order valence-electron chi connectivity index (χ0n) is 9.68. The number of rotatable bonds is 5. The largest absolute Gasteiger partial charge is 0.359 e. The highest BCUT2D eigenvalue weighted by Gasteiger charge is 2.04. The van der Waals surface area contributed by atoms with Crippen molar-refractivity contribution in [2.24, 2.45) is 0 Å². The molecule has 0 atom stereocenters. The number of nitrogens with one attached hydrogen (secondary N) is 1. The van der Waals surface area contributed by atoms with E-state index in [4.69, 9.17) is 4.52 Å². The molecule has 0 aliphatic heterocycles. The quantitative estimate of drug-likeness (QED) is 0.836. The van der Waals surface area contributed by atoms with Crippen molar-refractivity contribution in [3.8, 4) is 0 Å². The molecule has 0 bridgehead atoms. The summed E-state index contributed by atoms with van der Waals surface area (Å²) >= 11 is 0. The van der Waals surface area contributed by atoms with Gasteiger partial charge in [0.25, 0.3) is 0 Å². The van der Waals surface area contributed by atoms with Gasteiger partial charge in [0.2, 0.25) is 0 Å². The van der Waals surface area contributed by atoms with E-state index in [-0.39, 0.29) is 0 Å². The van der Waals surface area contributed by atoms with Gasteiger partial charge < -0.3 is 14.4 Å². The monoisotopic (exact) mass is 219 g/mol. The fourth-order valence-electron chi connectivity index (χ4n) is 1.56. The molecule has 0 radical (unpaired) electrons. The van der Waals surface area contributed by atoms with Crippen molar-refractivity contribution < 1.29 is 4.52 Å². The third kappa shape index (κ3) is 2.73. The molecule has 0 saturated heterocycles. The Hall–Kier alpha value is -1.55. The van der Waals surface area contributed by atoms with E-state index >= 15 is 0 Å². The van der Waals surface area contributed by atoms with Crippen LogP contribution in [0, 0.1) is 0 Å². The Morgan fingerprint density at radius 2 is 2.31 bits per heavy atom. The first-order chi connectivity index (χ1) is 7.75. The molecule has 1 N–H and O–H groups in total. The molecule has 0 unspecified atom stereocenters. The fraction of sp³-hybridized carbons (Fsp3) is 0.417. The maximum Gasteiger partial charge on any atom is 0.156 e. The molecule has 0 amide bonds. The van der Waals surface area contributed by atoms with E-state index < -0.39 is 0 Å². The number of hydrogen-bond acceptors (Lipinski definition) is 3. The smallest absolute Gasteiger partial charge is 0.156 e. The van der Waals surface area contributed by atoms with Gasteiger partial charge >= 0.3 is 0 Å². The summed E-state index contributed by atoms with van der Waals surface area (Å²) < 4.78 is 7.26. The maximum atomic E-state index is 5.10. The zero-order valence-corrected chi connectivity index (χ0v) is 9.68. The summed E-state index contributed by atoms with van der Waals surface area (Å²) in [6, 6.07) is 6.55. The van der Waals surface area contributed by atoms with E-state index in [0.29, 0.717) is 6.04 Å². The zero-order chi connectivity index (χ0) is 11.4. The molecule has 0 aliphatic carbocycles. The lowest BCUT2D eigenvalue weighted by atomic mass is 10.3. The van der Waals surface area contributed by atoms with E-state index in [9.17, 15) is 0 Å². The third-order valence-electron chi connectivity index (χ3n) is 2.43. The van der Waals surface area contributed by atoms with Crippen LogP contribution in [0.15, 0.2) is 35.1 Å². The molecule has 2 heterocycles. The molecule has 4 heteroatoms. The molecule has 2 aromatic heterocycles. The van der Waals surface area contributed by atoms with Gasteiger partial charge in [0.05, 0.1) is 12.7 Å². The molecule has 2 aromatic rings. The van der Waals surface area contributed by atoms with Crippen molar-refractivity contribution in [2.75, 3.05) is 0 Å². The summed E-state index contributed by atoms with van der Waals surface area (Å²) in [7, 11) is 0. The lowest BCUT2D eigenvalue weighted by molar-refractivity contribution is 0.374. The van der Waals surface area contributed by atoms with E-state index in [0.717, 1.165) is 18.8 Å². The van der Waals surface area contributed by atoms with Crippen LogP contribution in [0.25, 0.3) is 0 Å². The summed E-state index contributed by atoms with van der Waals surface area (Å²) in [5.74, 6) is 0.877. The molecule has 2 rings (SSSR count). The lowest BCUT2D eigenvalue weighted by Gasteiger charge is -2.10. The molecule has 16 heavy (non-hydrogen) atoms. The Labute approximate surface area is 95.2 Å². The van der Waals surface area contributed by atoms with Gasteiger partial charge in [0.15, 0.2) is 5.76 Å². The van der Waals surface area contributed by atoms with Crippen molar-refractivity contribution in [1.29, 1.82) is 0 Å². The van der Waals surface area contributed by atoms with Crippen molar-refractivity contribution >= 4 is 0 Å². The predicted octanol–water partition coefficient (Wildman–Crippen LogP) is 2.02. The van der Waals surface area contributed by atoms with Crippen LogP contribution in [-0.4, -0.2) is 15.8 Å². The molecule has 0 aromatic carbocycles. The molecule has 0 spiro atoms. The lowest BCUT2D eigenvalue weighted by Crippen LogP contribution is -2.23. The SMILES string of the molecule is CC(C)NCc1cccn1Cc1ccno1. The van der Waals surface area contributed by atoms with Gasteiger partial charge in [-0.05, 0) is 12.1 Å². The Morgan fingerprint density at radius 3 is 3.00 bits per heavy atom. The molecular formula is C12H17N3O. The van der Waals surface area contributed by atoms with Gasteiger partial charge in [-0.25, -0.2) is 0 Å². The summed E-state index contributed by atoms with van der Waals surface area (Å²) in [5, 5.41) is 7.10. The second kappa shape index (κ2) is 4.99. The average molecular weight is 219 g/mol. The molecule has 0 aliphatic rings. The minimum atomic E-state index is 0.494. The molecule has 0 saturated carbocycles. The van der Waals surface area contributed by atoms with E-state index in [1.165, 1.54) is 5.69 Å². The number of hydrogen-bond donors (Lipinski definition) is 1. The topological polar surface area (TPSA) is 43.0 Å². The van der Waals surface area contributed by atoms with Crippen LogP contribution in [0.2, 0.25) is 0 Å². The summed E-state index contributed by atoms with van der Waals surface area (Å²) in [6.07, 6.45) is 3.73. The van der Waals surface area contributed by atoms with E-state index in [1.54, 1.807) is 6.20 Å². The van der Waals surface area contributed by atoms with Crippen LogP contribution < -0.4 is 5.32 Å². The molecule has 0 fully saturated rings. The normalized spacial score (nSPS) is 11.2. The summed E-state index contributed by atoms with van der Waals surface area (Å²) in [4.78, 5) is 0. The predicted molar refractivity (Wildman–Crippen MR) is 62.0 cm³/mol. The van der Waals surface area contributed by atoms with Gasteiger partial charge in [-0.2, -0.15) is 0 Å². The second-order valence-electron chi connectivity index (χ2n) is 4.14. The van der Waals surface area contributed by atoms with Crippen molar-refractivity contribution in [3.05, 3.63) is 42.0 Å². The fourth-order valence-corrected chi connectivity index (χ4v) is 1.56. The minimum absolute atomic E-state index is 0.494. The van der Waals surface area contributed by atoms with Crippen LogP contribution in [0.5, 0.6) is 0 Å². The minimum Gasteiger partial charge on any atom is -0.359 e. The van der Waals surface area contributed by atoms with Gasteiger partial charge in [0.1, 0.15) is 0 Å². The van der Waals surface area contributed by atoms with Gasteiger partial charge in [-0.3, -0.25) is 0 Å². The van der Waals surface area contributed by atoms with Gasteiger partial charge in [0, 0.05) is 30.5 Å².